The first-order valence-corrected chi connectivity index (χ1v) is 4.88. The summed E-state index contributed by atoms with van der Waals surface area (Å²) in [6.07, 6.45) is -4.97. The lowest BCUT2D eigenvalue weighted by Crippen LogP contribution is -2.35. The van der Waals surface area contributed by atoms with E-state index in [2.05, 4.69) is 4.84 Å². The molecule has 18 heavy (non-hydrogen) atoms. The molecule has 0 fully saturated rings. The highest BCUT2D eigenvalue weighted by Gasteiger charge is 2.35. The number of Topliss-reactive ketones (excluding diaryl/α,β-unsaturated/α-hetero) is 1. The second-order valence-corrected chi connectivity index (χ2v) is 3.45. The molecule has 0 aromatic heterocycles. The molecule has 0 atom stereocenters. The summed E-state index contributed by atoms with van der Waals surface area (Å²) < 4.78 is 36.3. The van der Waals surface area contributed by atoms with Gasteiger partial charge in [-0.05, 0) is 31.2 Å². The number of nitrogens with zero attached hydrogens (tertiary/aromatic N) is 1. The molecular formula is C11H10F3NO3. The summed E-state index contributed by atoms with van der Waals surface area (Å²) in [6, 6.07) is 5.02. The predicted octanol–water partition coefficient (Wildman–Crippen LogP) is 2.69. The van der Waals surface area contributed by atoms with Gasteiger partial charge in [0.2, 0.25) is 5.91 Å². The average Bonchev–Trinajstić information content (AvgIpc) is 2.24. The Morgan fingerprint density at radius 3 is 1.94 bits per heavy atom. The second kappa shape index (κ2) is 5.18. The number of hydrogen-bond acceptors (Lipinski definition) is 3. The normalized spacial score (nSPS) is 11.2. The maximum Gasteiger partial charge on any atom is 0.544 e. The Kier molecular flexibility index (Phi) is 4.07. The van der Waals surface area contributed by atoms with Gasteiger partial charge in [-0.15, -0.1) is 13.2 Å². The largest absolute Gasteiger partial charge is 0.544 e. The van der Waals surface area contributed by atoms with Gasteiger partial charge in [-0.3, -0.25) is 9.59 Å². The first-order chi connectivity index (χ1) is 8.20. The van der Waals surface area contributed by atoms with Crippen LogP contribution in [0.15, 0.2) is 24.3 Å². The van der Waals surface area contributed by atoms with Crippen molar-refractivity contribution in [2.45, 2.75) is 20.2 Å². The fourth-order valence-corrected chi connectivity index (χ4v) is 1.23. The van der Waals surface area contributed by atoms with Crippen LogP contribution in [0.5, 0.6) is 0 Å². The van der Waals surface area contributed by atoms with Gasteiger partial charge in [-0.2, -0.15) is 9.90 Å². The van der Waals surface area contributed by atoms with Gasteiger partial charge >= 0.3 is 6.36 Å². The Morgan fingerprint density at radius 2 is 1.61 bits per heavy atom. The Hall–Kier alpha value is -1.89. The number of anilines is 1. The summed E-state index contributed by atoms with van der Waals surface area (Å²) in [6.45, 7) is 2.26. The molecule has 1 aromatic rings. The fourth-order valence-electron chi connectivity index (χ4n) is 1.23. The lowest BCUT2D eigenvalue weighted by molar-refractivity contribution is -0.327. The molecule has 4 nitrogen and oxygen atoms in total. The minimum absolute atomic E-state index is 0.107. The van der Waals surface area contributed by atoms with E-state index in [-0.39, 0.29) is 16.5 Å². The smallest absolute Gasteiger partial charge is 0.295 e. The summed E-state index contributed by atoms with van der Waals surface area (Å²) in [4.78, 5) is 25.7. The average molecular weight is 261 g/mol. The molecule has 0 spiro atoms. The molecule has 0 saturated carbocycles. The van der Waals surface area contributed by atoms with Crippen molar-refractivity contribution in [3.63, 3.8) is 0 Å². The monoisotopic (exact) mass is 261 g/mol. The predicted molar refractivity (Wildman–Crippen MR) is 56.7 cm³/mol. The number of carbonyl (C=O) groups excluding carboxylic acids is 2. The van der Waals surface area contributed by atoms with E-state index in [9.17, 15) is 22.8 Å². The number of hydrogen-bond donors (Lipinski definition) is 0. The number of ketones is 1. The van der Waals surface area contributed by atoms with E-state index in [1.54, 1.807) is 0 Å². The summed E-state index contributed by atoms with van der Waals surface area (Å²) >= 11 is 0. The third kappa shape index (κ3) is 3.85. The van der Waals surface area contributed by atoms with Crippen molar-refractivity contribution in [3.8, 4) is 0 Å². The zero-order valence-corrected chi connectivity index (χ0v) is 9.62. The summed E-state index contributed by atoms with van der Waals surface area (Å²) in [7, 11) is 0. The zero-order valence-electron chi connectivity index (χ0n) is 9.62. The van der Waals surface area contributed by atoms with Crippen molar-refractivity contribution in [2.24, 2.45) is 0 Å². The van der Waals surface area contributed by atoms with Gasteiger partial charge in [0, 0.05) is 12.5 Å². The Morgan fingerprint density at radius 1 is 1.11 bits per heavy atom. The number of carbonyl (C=O) groups is 2. The van der Waals surface area contributed by atoms with E-state index in [1.165, 1.54) is 31.2 Å². The van der Waals surface area contributed by atoms with Crippen LogP contribution < -0.4 is 5.06 Å². The van der Waals surface area contributed by atoms with E-state index in [4.69, 9.17) is 0 Å². The van der Waals surface area contributed by atoms with E-state index in [1.807, 2.05) is 0 Å². The standard InChI is InChI=1S/C11H10F3NO3/c1-7(16)9-3-5-10(6-4-9)15(8(2)17)18-11(12,13)14/h3-6H,1-2H3. The fraction of sp³-hybridized carbons (Fsp3) is 0.273. The molecule has 0 bridgehead atoms. The summed E-state index contributed by atoms with van der Waals surface area (Å²) in [5.41, 5.74) is 0.221. The Bertz CT molecular complexity index is 454. The molecule has 0 saturated heterocycles. The number of amides is 1. The first-order valence-electron chi connectivity index (χ1n) is 4.88. The van der Waals surface area contributed by atoms with E-state index >= 15 is 0 Å². The maximum absolute atomic E-state index is 12.1. The van der Waals surface area contributed by atoms with Crippen LogP contribution in [0.2, 0.25) is 0 Å². The van der Waals surface area contributed by atoms with Crippen LogP contribution in [0.1, 0.15) is 24.2 Å². The topological polar surface area (TPSA) is 46.6 Å². The van der Waals surface area contributed by atoms with Gasteiger partial charge in [-0.1, -0.05) is 0 Å². The molecule has 0 unspecified atom stereocenters. The lowest BCUT2D eigenvalue weighted by Gasteiger charge is -2.21. The van der Waals surface area contributed by atoms with Crippen molar-refractivity contribution >= 4 is 17.4 Å². The van der Waals surface area contributed by atoms with Gasteiger partial charge in [0.1, 0.15) is 0 Å². The molecule has 0 N–H and O–H groups in total. The van der Waals surface area contributed by atoms with Crippen LogP contribution in [-0.4, -0.2) is 18.1 Å². The van der Waals surface area contributed by atoms with Crippen molar-refractivity contribution in [3.05, 3.63) is 29.8 Å². The van der Waals surface area contributed by atoms with Crippen LogP contribution in [0.25, 0.3) is 0 Å². The second-order valence-electron chi connectivity index (χ2n) is 3.45. The number of halogens is 3. The van der Waals surface area contributed by atoms with Crippen LogP contribution >= 0.6 is 0 Å². The van der Waals surface area contributed by atoms with Crippen LogP contribution in [0, 0.1) is 0 Å². The molecule has 0 radical (unpaired) electrons. The number of rotatable bonds is 3. The molecule has 1 aromatic carbocycles. The van der Waals surface area contributed by atoms with E-state index in [0.29, 0.717) is 5.56 Å². The Balaban J connectivity index is 3.00. The van der Waals surface area contributed by atoms with Gasteiger partial charge in [0.15, 0.2) is 5.78 Å². The highest BCUT2D eigenvalue weighted by molar-refractivity contribution is 5.95. The minimum Gasteiger partial charge on any atom is -0.295 e. The Labute approximate surface area is 101 Å². The first kappa shape index (κ1) is 14.2. The van der Waals surface area contributed by atoms with Crippen LogP contribution in [-0.2, 0) is 9.63 Å². The molecular weight excluding hydrogens is 251 g/mol. The molecule has 98 valence electrons. The van der Waals surface area contributed by atoms with Crippen LogP contribution in [0.4, 0.5) is 18.9 Å². The molecule has 1 rings (SSSR count). The van der Waals surface area contributed by atoms with Crippen molar-refractivity contribution in [2.75, 3.05) is 5.06 Å². The van der Waals surface area contributed by atoms with Crippen molar-refractivity contribution < 1.29 is 27.6 Å². The minimum atomic E-state index is -4.97. The third-order valence-corrected chi connectivity index (χ3v) is 1.99. The number of alkyl halides is 3. The molecule has 1 amide bonds. The maximum atomic E-state index is 12.1. The van der Waals surface area contributed by atoms with E-state index < -0.39 is 12.3 Å². The van der Waals surface area contributed by atoms with E-state index in [0.717, 1.165) is 6.92 Å². The van der Waals surface area contributed by atoms with Gasteiger partial charge in [0.05, 0.1) is 5.69 Å². The number of benzene rings is 1. The zero-order chi connectivity index (χ0) is 13.9. The van der Waals surface area contributed by atoms with Gasteiger partial charge in [-0.25, -0.2) is 0 Å². The SMILES string of the molecule is CC(=O)c1ccc(N(OC(F)(F)F)C(C)=O)cc1. The molecule has 7 heteroatoms. The summed E-state index contributed by atoms with van der Waals surface area (Å²) in [5.74, 6) is -1.16. The highest BCUT2D eigenvalue weighted by Crippen LogP contribution is 2.24. The summed E-state index contributed by atoms with van der Waals surface area (Å²) in [5, 5.41) is 0.115. The molecule has 0 aliphatic heterocycles. The van der Waals surface area contributed by atoms with Crippen LogP contribution in [0.3, 0.4) is 0 Å². The third-order valence-electron chi connectivity index (χ3n) is 1.99. The molecule has 0 aliphatic rings. The molecule has 0 heterocycles. The van der Waals surface area contributed by atoms with Crippen molar-refractivity contribution in [1.29, 1.82) is 0 Å². The quantitative estimate of drug-likeness (QED) is 0.620. The van der Waals surface area contributed by atoms with Crippen molar-refractivity contribution in [1.82, 2.24) is 0 Å². The van der Waals surface area contributed by atoms with Gasteiger partial charge in [0.25, 0.3) is 0 Å². The number of hydroxylamine groups is 1. The molecule has 0 aliphatic carbocycles. The highest BCUT2D eigenvalue weighted by atomic mass is 19.4. The lowest BCUT2D eigenvalue weighted by atomic mass is 10.1. The van der Waals surface area contributed by atoms with Gasteiger partial charge < -0.3 is 0 Å².